The molecule has 0 saturated heterocycles. The molecule has 0 spiro atoms. The van der Waals surface area contributed by atoms with Crippen molar-refractivity contribution in [1.82, 2.24) is 0 Å². The third-order valence-corrected chi connectivity index (χ3v) is 4.64. The van der Waals surface area contributed by atoms with E-state index >= 15 is 0 Å². The van der Waals surface area contributed by atoms with Gasteiger partial charge in [-0.1, -0.05) is 12.1 Å². The molecule has 0 aliphatic heterocycles. The number of carbonyl (C=O) groups is 3. The number of carbonyl (C=O) groups excluding carboxylic acids is 3. The number of likely N-dealkylation sites (N-methyl/N-ethyl adjacent to an activating group) is 1. The summed E-state index contributed by atoms with van der Waals surface area (Å²) in [6.45, 7) is 5.76. The minimum absolute atomic E-state index is 0.110. The lowest BCUT2D eigenvalue weighted by molar-refractivity contribution is -0.904. The van der Waals surface area contributed by atoms with Crippen molar-refractivity contribution in [2.45, 2.75) is 26.8 Å². The van der Waals surface area contributed by atoms with Gasteiger partial charge in [-0.3, -0.25) is 14.4 Å². The van der Waals surface area contributed by atoms with Crippen molar-refractivity contribution in [3.8, 4) is 6.07 Å². The van der Waals surface area contributed by atoms with E-state index in [2.05, 4.69) is 16.0 Å². The van der Waals surface area contributed by atoms with Crippen LogP contribution in [0.2, 0.25) is 0 Å². The molecule has 0 fully saturated rings. The molecule has 0 aliphatic carbocycles. The quantitative estimate of drug-likeness (QED) is 0.528. The van der Waals surface area contributed by atoms with E-state index in [4.69, 9.17) is 5.26 Å². The molecule has 2 aromatic rings. The first kappa shape index (κ1) is 22.6. The summed E-state index contributed by atoms with van der Waals surface area (Å²) in [5.41, 5.74) is 2.08. The van der Waals surface area contributed by atoms with Gasteiger partial charge in [0.25, 0.3) is 11.8 Å². The molecule has 1 unspecified atom stereocenters. The monoisotopic (exact) mass is 408 g/mol. The molecule has 0 saturated carbocycles. The van der Waals surface area contributed by atoms with Crippen LogP contribution in [0, 0.1) is 11.3 Å². The predicted octanol–water partition coefficient (Wildman–Crippen LogP) is 1.39. The molecule has 156 valence electrons. The van der Waals surface area contributed by atoms with Crippen LogP contribution in [-0.2, 0) is 14.4 Å². The lowest BCUT2D eigenvalue weighted by Gasteiger charge is -2.23. The summed E-state index contributed by atoms with van der Waals surface area (Å²) in [5, 5.41) is 17.4. The number of quaternary nitrogens is 1. The standard InChI is InChI=1S/C22H25N5O3/c1-4-27(15(2)22(30)26-20-8-6-5-7-17(20)13-23)14-21(29)25-19-11-9-18(10-12-19)24-16(3)28/h5-12,15H,4,14H2,1-3H3,(H,24,28)(H,25,29)(H,26,30)/p+1/t15-/m1/s1. The third-order valence-electron chi connectivity index (χ3n) is 4.64. The van der Waals surface area contributed by atoms with E-state index < -0.39 is 6.04 Å². The first-order valence-corrected chi connectivity index (χ1v) is 9.66. The highest BCUT2D eigenvalue weighted by Crippen LogP contribution is 2.14. The number of hydrogen-bond acceptors (Lipinski definition) is 4. The topological polar surface area (TPSA) is 116 Å². The van der Waals surface area contributed by atoms with Gasteiger partial charge in [-0.2, -0.15) is 5.26 Å². The average Bonchev–Trinajstić information content (AvgIpc) is 2.73. The van der Waals surface area contributed by atoms with Gasteiger partial charge in [0.05, 0.1) is 17.8 Å². The van der Waals surface area contributed by atoms with Crippen molar-refractivity contribution < 1.29 is 19.3 Å². The van der Waals surface area contributed by atoms with Crippen LogP contribution < -0.4 is 20.9 Å². The molecule has 2 rings (SSSR count). The summed E-state index contributed by atoms with van der Waals surface area (Å²) >= 11 is 0. The zero-order chi connectivity index (χ0) is 22.1. The molecule has 4 N–H and O–H groups in total. The van der Waals surface area contributed by atoms with Crippen LogP contribution in [0.1, 0.15) is 26.3 Å². The molecular weight excluding hydrogens is 382 g/mol. The molecule has 2 atom stereocenters. The molecule has 8 heteroatoms. The molecule has 0 bridgehead atoms. The molecule has 8 nitrogen and oxygen atoms in total. The maximum atomic E-state index is 12.6. The van der Waals surface area contributed by atoms with Gasteiger partial charge in [0.15, 0.2) is 12.6 Å². The summed E-state index contributed by atoms with van der Waals surface area (Å²) < 4.78 is 0. The summed E-state index contributed by atoms with van der Waals surface area (Å²) in [7, 11) is 0. The summed E-state index contributed by atoms with van der Waals surface area (Å²) in [6.07, 6.45) is 0. The van der Waals surface area contributed by atoms with E-state index in [0.717, 1.165) is 4.90 Å². The largest absolute Gasteiger partial charge is 0.326 e. The minimum Gasteiger partial charge on any atom is -0.326 e. The van der Waals surface area contributed by atoms with Gasteiger partial charge in [-0.05, 0) is 50.2 Å². The van der Waals surface area contributed by atoms with Crippen LogP contribution in [0.5, 0.6) is 0 Å². The normalized spacial score (nSPS) is 12.2. The number of para-hydroxylation sites is 1. The molecule has 2 aromatic carbocycles. The van der Waals surface area contributed by atoms with Gasteiger partial charge < -0.3 is 20.9 Å². The third kappa shape index (κ3) is 6.43. The highest BCUT2D eigenvalue weighted by molar-refractivity contribution is 5.95. The van der Waals surface area contributed by atoms with E-state index in [9.17, 15) is 14.4 Å². The predicted molar refractivity (Wildman–Crippen MR) is 115 cm³/mol. The minimum atomic E-state index is -0.491. The smallest absolute Gasteiger partial charge is 0.282 e. The Morgan fingerprint density at radius 2 is 1.60 bits per heavy atom. The maximum Gasteiger partial charge on any atom is 0.282 e. The van der Waals surface area contributed by atoms with Crippen LogP contribution in [-0.4, -0.2) is 36.9 Å². The van der Waals surface area contributed by atoms with Crippen LogP contribution in [0.3, 0.4) is 0 Å². The van der Waals surface area contributed by atoms with E-state index in [1.165, 1.54) is 6.92 Å². The summed E-state index contributed by atoms with van der Waals surface area (Å²) in [5.74, 6) is -0.656. The number of benzene rings is 2. The Balaban J connectivity index is 1.96. The van der Waals surface area contributed by atoms with Gasteiger partial charge in [-0.25, -0.2) is 0 Å². The molecule has 3 amide bonds. The maximum absolute atomic E-state index is 12.6. The van der Waals surface area contributed by atoms with Crippen molar-refractivity contribution in [2.75, 3.05) is 29.0 Å². The second-order valence-corrected chi connectivity index (χ2v) is 6.86. The molecule has 30 heavy (non-hydrogen) atoms. The van der Waals surface area contributed by atoms with Crippen LogP contribution in [0.4, 0.5) is 17.1 Å². The number of amides is 3. The molecule has 0 aromatic heterocycles. The van der Waals surface area contributed by atoms with E-state index in [1.54, 1.807) is 55.5 Å². The second kappa shape index (κ2) is 10.7. The fourth-order valence-corrected chi connectivity index (χ4v) is 2.95. The molecule has 0 radical (unpaired) electrons. The number of hydrogen-bond donors (Lipinski definition) is 4. The lowest BCUT2D eigenvalue weighted by Crippen LogP contribution is -3.17. The first-order valence-electron chi connectivity index (χ1n) is 9.66. The molecular formula is C22H26N5O3+. The van der Waals surface area contributed by atoms with Crippen molar-refractivity contribution in [3.05, 3.63) is 54.1 Å². The summed E-state index contributed by atoms with van der Waals surface area (Å²) in [4.78, 5) is 36.9. The average molecular weight is 408 g/mol. The van der Waals surface area contributed by atoms with E-state index in [-0.39, 0.29) is 24.3 Å². The number of anilines is 3. The van der Waals surface area contributed by atoms with Gasteiger partial charge in [0.1, 0.15) is 6.07 Å². The fraction of sp³-hybridized carbons (Fsp3) is 0.273. The number of nitrogens with one attached hydrogen (secondary N) is 4. The Labute approximate surface area is 175 Å². The second-order valence-electron chi connectivity index (χ2n) is 6.86. The van der Waals surface area contributed by atoms with Crippen LogP contribution in [0.25, 0.3) is 0 Å². The van der Waals surface area contributed by atoms with Crippen LogP contribution >= 0.6 is 0 Å². The Hall–Kier alpha value is -3.70. The Morgan fingerprint density at radius 1 is 1.00 bits per heavy atom. The van der Waals surface area contributed by atoms with Crippen molar-refractivity contribution in [1.29, 1.82) is 5.26 Å². The highest BCUT2D eigenvalue weighted by atomic mass is 16.2. The lowest BCUT2D eigenvalue weighted by atomic mass is 10.1. The number of rotatable bonds is 8. The van der Waals surface area contributed by atoms with E-state index in [0.29, 0.717) is 29.2 Å². The molecule has 0 aliphatic rings. The fourth-order valence-electron chi connectivity index (χ4n) is 2.95. The van der Waals surface area contributed by atoms with Gasteiger partial charge in [0.2, 0.25) is 5.91 Å². The van der Waals surface area contributed by atoms with E-state index in [1.807, 2.05) is 13.0 Å². The highest BCUT2D eigenvalue weighted by Gasteiger charge is 2.26. The van der Waals surface area contributed by atoms with Gasteiger partial charge in [0, 0.05) is 18.3 Å². The van der Waals surface area contributed by atoms with Crippen molar-refractivity contribution in [3.63, 3.8) is 0 Å². The van der Waals surface area contributed by atoms with Crippen molar-refractivity contribution in [2.24, 2.45) is 0 Å². The van der Waals surface area contributed by atoms with Gasteiger partial charge in [-0.15, -0.1) is 0 Å². The SMILES string of the molecule is CC[NH+](CC(=O)Nc1ccc(NC(C)=O)cc1)[C@H](C)C(=O)Nc1ccccc1C#N. The van der Waals surface area contributed by atoms with Crippen molar-refractivity contribution >= 4 is 34.8 Å². The molecule has 0 heterocycles. The Kier molecular flexibility index (Phi) is 8.08. The number of nitrogens with zero attached hydrogens (tertiary/aromatic N) is 1. The Morgan fingerprint density at radius 3 is 2.17 bits per heavy atom. The van der Waals surface area contributed by atoms with Gasteiger partial charge >= 0.3 is 0 Å². The number of nitriles is 1. The zero-order valence-electron chi connectivity index (χ0n) is 17.3. The first-order chi connectivity index (χ1) is 14.3. The van der Waals surface area contributed by atoms with Crippen LogP contribution in [0.15, 0.2) is 48.5 Å². The summed E-state index contributed by atoms with van der Waals surface area (Å²) in [6, 6.07) is 15.1. The zero-order valence-corrected chi connectivity index (χ0v) is 17.3. The Bertz CT molecular complexity index is 950.